The summed E-state index contributed by atoms with van der Waals surface area (Å²) in [6.07, 6.45) is 0.915. The Bertz CT molecular complexity index is 603. The van der Waals surface area contributed by atoms with Crippen LogP contribution in [0, 0.1) is 13.8 Å². The maximum atomic E-state index is 10.8. The van der Waals surface area contributed by atoms with E-state index in [4.69, 9.17) is 4.74 Å². The van der Waals surface area contributed by atoms with E-state index in [1.807, 2.05) is 50.6 Å². The lowest BCUT2D eigenvalue weighted by molar-refractivity contribution is 0.199. The molecule has 1 aromatic heterocycles. The van der Waals surface area contributed by atoms with E-state index in [9.17, 15) is 5.11 Å². The molecule has 1 atom stereocenters. The Balaban J connectivity index is 2.55. The van der Waals surface area contributed by atoms with Crippen LogP contribution >= 0.6 is 0 Å². The molecule has 4 heteroatoms. The van der Waals surface area contributed by atoms with Crippen LogP contribution in [0.3, 0.4) is 0 Å². The average Bonchev–Trinajstić information content (AvgIpc) is 2.84. The normalized spacial score (nSPS) is 12.8. The monoisotopic (exact) mass is 274 g/mol. The molecule has 2 aromatic rings. The van der Waals surface area contributed by atoms with Gasteiger partial charge in [0, 0.05) is 6.04 Å². The number of aliphatic hydroxyl groups is 1. The minimum atomic E-state index is -0.741. The lowest BCUT2D eigenvalue weighted by Gasteiger charge is -2.19. The van der Waals surface area contributed by atoms with Gasteiger partial charge in [-0.2, -0.15) is 5.10 Å². The smallest absolute Gasteiger partial charge is 0.163 e. The molecule has 1 heterocycles. The minimum Gasteiger partial charge on any atom is -0.493 e. The third-order valence-electron chi connectivity index (χ3n) is 3.50. The van der Waals surface area contributed by atoms with E-state index >= 15 is 0 Å². The molecule has 0 aliphatic heterocycles. The Kier molecular flexibility index (Phi) is 4.14. The molecule has 2 rings (SSSR count). The topological polar surface area (TPSA) is 47.3 Å². The first-order chi connectivity index (χ1) is 9.45. The molecule has 1 unspecified atom stereocenters. The molecule has 1 aromatic carbocycles. The Morgan fingerprint density at radius 3 is 2.55 bits per heavy atom. The van der Waals surface area contributed by atoms with Crippen molar-refractivity contribution in [3.8, 4) is 5.75 Å². The first-order valence-corrected chi connectivity index (χ1v) is 6.82. The summed E-state index contributed by atoms with van der Waals surface area (Å²) in [7, 11) is 1.60. The van der Waals surface area contributed by atoms with Crippen LogP contribution in [0.15, 0.2) is 24.4 Å². The maximum absolute atomic E-state index is 10.8. The Labute approximate surface area is 120 Å². The van der Waals surface area contributed by atoms with Gasteiger partial charge in [0.25, 0.3) is 0 Å². The molecule has 108 valence electrons. The van der Waals surface area contributed by atoms with Crippen LogP contribution in [0.2, 0.25) is 0 Å². The molecular weight excluding hydrogens is 252 g/mol. The van der Waals surface area contributed by atoms with Crippen molar-refractivity contribution >= 4 is 0 Å². The molecule has 0 aliphatic carbocycles. The predicted octanol–water partition coefficient (Wildman–Crippen LogP) is 3.17. The quantitative estimate of drug-likeness (QED) is 0.931. The Morgan fingerprint density at radius 1 is 1.25 bits per heavy atom. The second kappa shape index (κ2) is 5.67. The molecule has 1 N–H and O–H groups in total. The van der Waals surface area contributed by atoms with E-state index in [0.29, 0.717) is 11.4 Å². The highest BCUT2D eigenvalue weighted by Crippen LogP contribution is 2.33. The summed E-state index contributed by atoms with van der Waals surface area (Å²) in [5, 5.41) is 15.1. The van der Waals surface area contributed by atoms with Gasteiger partial charge in [0.2, 0.25) is 0 Å². The van der Waals surface area contributed by atoms with Crippen molar-refractivity contribution in [2.24, 2.45) is 0 Å². The van der Waals surface area contributed by atoms with Crippen molar-refractivity contribution in [1.82, 2.24) is 9.78 Å². The molecule has 0 fully saturated rings. The van der Waals surface area contributed by atoms with Gasteiger partial charge in [0.15, 0.2) is 5.75 Å². The highest BCUT2D eigenvalue weighted by molar-refractivity contribution is 5.40. The fourth-order valence-corrected chi connectivity index (χ4v) is 2.39. The number of aryl methyl sites for hydroxylation is 2. The highest BCUT2D eigenvalue weighted by atomic mass is 16.5. The summed E-state index contributed by atoms with van der Waals surface area (Å²) in [6.45, 7) is 8.09. The third-order valence-corrected chi connectivity index (χ3v) is 3.50. The van der Waals surface area contributed by atoms with Crippen LogP contribution < -0.4 is 4.74 Å². The number of aromatic nitrogens is 2. The Hall–Kier alpha value is -1.81. The molecule has 0 saturated heterocycles. The molecule has 0 spiro atoms. The van der Waals surface area contributed by atoms with Gasteiger partial charge in [-0.1, -0.05) is 23.8 Å². The highest BCUT2D eigenvalue weighted by Gasteiger charge is 2.24. The van der Waals surface area contributed by atoms with Gasteiger partial charge in [-0.15, -0.1) is 0 Å². The van der Waals surface area contributed by atoms with E-state index in [1.165, 1.54) is 0 Å². The van der Waals surface area contributed by atoms with Crippen molar-refractivity contribution in [2.45, 2.75) is 39.8 Å². The van der Waals surface area contributed by atoms with Crippen molar-refractivity contribution < 1.29 is 9.84 Å². The molecule has 0 radical (unpaired) electrons. The van der Waals surface area contributed by atoms with Crippen LogP contribution in [0.25, 0.3) is 0 Å². The fourth-order valence-electron chi connectivity index (χ4n) is 2.39. The first-order valence-electron chi connectivity index (χ1n) is 6.82. The van der Waals surface area contributed by atoms with Gasteiger partial charge in [-0.3, -0.25) is 4.68 Å². The average molecular weight is 274 g/mol. The zero-order chi connectivity index (χ0) is 14.9. The molecular formula is C16H22N2O2. The maximum Gasteiger partial charge on any atom is 0.163 e. The first kappa shape index (κ1) is 14.6. The molecule has 0 amide bonds. The summed E-state index contributed by atoms with van der Waals surface area (Å²) >= 11 is 0. The van der Waals surface area contributed by atoms with Gasteiger partial charge in [-0.05, 0) is 38.8 Å². The van der Waals surface area contributed by atoms with E-state index in [-0.39, 0.29) is 6.04 Å². The van der Waals surface area contributed by atoms with Gasteiger partial charge in [0.1, 0.15) is 11.8 Å². The van der Waals surface area contributed by atoms with Crippen molar-refractivity contribution in [2.75, 3.05) is 7.11 Å². The number of hydrogen-bond donors (Lipinski definition) is 1. The molecule has 0 saturated carbocycles. The second-order valence-electron chi connectivity index (χ2n) is 5.40. The Morgan fingerprint density at radius 2 is 1.95 bits per heavy atom. The predicted molar refractivity (Wildman–Crippen MR) is 79.1 cm³/mol. The van der Waals surface area contributed by atoms with Crippen molar-refractivity contribution in [1.29, 1.82) is 0 Å². The zero-order valence-corrected chi connectivity index (χ0v) is 12.7. The molecule has 4 nitrogen and oxygen atoms in total. The number of methoxy groups -OCH3 is 1. The summed E-state index contributed by atoms with van der Waals surface area (Å²) in [5.41, 5.74) is 3.78. The van der Waals surface area contributed by atoms with Crippen LogP contribution in [-0.2, 0) is 0 Å². The number of nitrogens with zero attached hydrogens (tertiary/aromatic N) is 2. The van der Waals surface area contributed by atoms with Crippen LogP contribution in [0.4, 0.5) is 0 Å². The summed E-state index contributed by atoms with van der Waals surface area (Å²) in [5.74, 6) is 0.618. The number of hydrogen-bond acceptors (Lipinski definition) is 3. The van der Waals surface area contributed by atoms with Crippen LogP contribution in [-0.4, -0.2) is 22.0 Å². The largest absolute Gasteiger partial charge is 0.493 e. The van der Waals surface area contributed by atoms with Gasteiger partial charge < -0.3 is 9.84 Å². The van der Waals surface area contributed by atoms with E-state index in [1.54, 1.807) is 13.3 Å². The molecule has 0 aliphatic rings. The number of benzene rings is 1. The van der Waals surface area contributed by atoms with Gasteiger partial charge in [-0.25, -0.2) is 0 Å². The number of aliphatic hydroxyl groups excluding tert-OH is 1. The molecule has 20 heavy (non-hydrogen) atoms. The summed E-state index contributed by atoms with van der Waals surface area (Å²) < 4.78 is 7.16. The van der Waals surface area contributed by atoms with E-state index in [2.05, 4.69) is 5.10 Å². The van der Waals surface area contributed by atoms with Crippen LogP contribution in [0.5, 0.6) is 5.75 Å². The van der Waals surface area contributed by atoms with E-state index < -0.39 is 6.10 Å². The second-order valence-corrected chi connectivity index (χ2v) is 5.40. The third kappa shape index (κ3) is 2.56. The van der Waals surface area contributed by atoms with Crippen LogP contribution in [0.1, 0.15) is 48.4 Å². The molecule has 0 bridgehead atoms. The van der Waals surface area contributed by atoms with Crippen molar-refractivity contribution in [3.05, 3.63) is 46.8 Å². The van der Waals surface area contributed by atoms with E-state index in [0.717, 1.165) is 16.7 Å². The number of rotatable bonds is 4. The minimum absolute atomic E-state index is 0.161. The van der Waals surface area contributed by atoms with Gasteiger partial charge >= 0.3 is 0 Å². The lowest BCUT2D eigenvalue weighted by Crippen LogP contribution is -2.14. The SMILES string of the molecule is COc1cnn(C(C)C)c1C(O)c1cc(C)ccc1C. The number of ether oxygens (including phenoxy) is 1. The van der Waals surface area contributed by atoms with Gasteiger partial charge in [0.05, 0.1) is 13.3 Å². The standard InChI is InChI=1S/C16H22N2O2/c1-10(2)18-15(14(20-5)9-17-18)16(19)13-8-11(3)6-7-12(13)4/h6-10,16,19H,1-5H3. The van der Waals surface area contributed by atoms with Crippen molar-refractivity contribution in [3.63, 3.8) is 0 Å². The summed E-state index contributed by atoms with van der Waals surface area (Å²) in [6, 6.07) is 6.24. The summed E-state index contributed by atoms with van der Waals surface area (Å²) in [4.78, 5) is 0. The fraction of sp³-hybridized carbons (Fsp3) is 0.438. The lowest BCUT2D eigenvalue weighted by atomic mass is 9.98. The zero-order valence-electron chi connectivity index (χ0n) is 12.7.